The molecule has 0 radical (unpaired) electrons. The Morgan fingerprint density at radius 3 is 2.89 bits per heavy atom. The Morgan fingerprint density at radius 2 is 2.08 bits per heavy atom. The number of nitrogens with one attached hydrogen (secondary N) is 1. The van der Waals surface area contributed by atoms with Gasteiger partial charge in [0.25, 0.3) is 5.91 Å². The number of hydrogen-bond acceptors (Lipinski definition) is 7. The third-order valence-electron chi connectivity index (χ3n) is 5.74. The molecular weight excluding hydrogens is 463 g/mol. The lowest BCUT2D eigenvalue weighted by Gasteiger charge is -2.29. The molecular formula is C27H23FN4O4. The minimum absolute atomic E-state index is 0.195. The Bertz CT molecular complexity index is 1460. The van der Waals surface area contributed by atoms with E-state index < -0.39 is 0 Å². The number of carbonyl (C=O) groups is 1. The van der Waals surface area contributed by atoms with Crippen LogP contribution in [0.5, 0.6) is 17.2 Å². The van der Waals surface area contributed by atoms with Gasteiger partial charge in [0.05, 0.1) is 30.2 Å². The molecule has 36 heavy (non-hydrogen) atoms. The fourth-order valence-electron chi connectivity index (χ4n) is 4.05. The summed E-state index contributed by atoms with van der Waals surface area (Å²) in [6.07, 6.45) is 2.74. The minimum atomic E-state index is -0.317. The number of aromatic nitrogens is 2. The van der Waals surface area contributed by atoms with Gasteiger partial charge in [0.15, 0.2) is 17.2 Å². The molecule has 8 nitrogen and oxygen atoms in total. The number of benzene rings is 3. The Hall–Kier alpha value is -4.66. The lowest BCUT2D eigenvalue weighted by atomic mass is 10.1. The van der Waals surface area contributed by atoms with Crippen molar-refractivity contribution in [1.29, 1.82) is 0 Å². The van der Waals surface area contributed by atoms with Gasteiger partial charge in [-0.25, -0.2) is 14.4 Å². The van der Waals surface area contributed by atoms with E-state index >= 15 is 0 Å². The second-order valence-electron chi connectivity index (χ2n) is 7.98. The van der Waals surface area contributed by atoms with Gasteiger partial charge in [0, 0.05) is 11.8 Å². The van der Waals surface area contributed by atoms with Crippen LogP contribution in [0.1, 0.15) is 5.56 Å². The largest absolute Gasteiger partial charge is 0.493 e. The number of methoxy groups -OCH3 is 1. The first-order valence-corrected chi connectivity index (χ1v) is 11.2. The molecule has 0 spiro atoms. The smallest absolute Gasteiger partial charge is 0.250 e. The number of anilines is 3. The van der Waals surface area contributed by atoms with Crippen molar-refractivity contribution in [1.82, 2.24) is 9.97 Å². The molecule has 0 bridgehead atoms. The average Bonchev–Trinajstić information content (AvgIpc) is 2.91. The van der Waals surface area contributed by atoms with E-state index in [0.717, 1.165) is 0 Å². The van der Waals surface area contributed by atoms with Gasteiger partial charge < -0.3 is 24.4 Å². The highest BCUT2D eigenvalue weighted by molar-refractivity contribution is 6.07. The first kappa shape index (κ1) is 23.1. The number of fused-ring (bicyclic) bond motifs is 3. The van der Waals surface area contributed by atoms with Crippen molar-refractivity contribution in [3.8, 4) is 17.2 Å². The molecule has 0 aliphatic carbocycles. The quantitative estimate of drug-likeness (QED) is 0.368. The topological polar surface area (TPSA) is 85.8 Å². The third kappa shape index (κ3) is 4.50. The van der Waals surface area contributed by atoms with Gasteiger partial charge in [-0.1, -0.05) is 18.7 Å². The fourth-order valence-corrected chi connectivity index (χ4v) is 4.05. The highest BCUT2D eigenvalue weighted by Gasteiger charge is 2.26. The van der Waals surface area contributed by atoms with E-state index in [9.17, 15) is 9.18 Å². The van der Waals surface area contributed by atoms with Gasteiger partial charge in [0.2, 0.25) is 0 Å². The van der Waals surface area contributed by atoms with Gasteiger partial charge in [-0.15, -0.1) is 0 Å². The van der Waals surface area contributed by atoms with E-state index in [1.54, 1.807) is 36.3 Å². The Labute approximate surface area is 207 Å². The molecule has 1 N–H and O–H groups in total. The van der Waals surface area contributed by atoms with E-state index in [2.05, 4.69) is 21.9 Å². The number of nitrogens with zero attached hydrogens (tertiary/aromatic N) is 3. The number of ether oxygens (including phenoxy) is 3. The van der Waals surface area contributed by atoms with Crippen molar-refractivity contribution in [2.75, 3.05) is 30.5 Å². The fraction of sp³-hybridized carbons (Fsp3) is 0.148. The minimum Gasteiger partial charge on any atom is -0.493 e. The molecule has 5 rings (SSSR count). The summed E-state index contributed by atoms with van der Waals surface area (Å²) in [6.45, 7) is 4.55. The van der Waals surface area contributed by atoms with E-state index in [1.165, 1.54) is 24.5 Å². The molecule has 9 heteroatoms. The zero-order valence-corrected chi connectivity index (χ0v) is 19.5. The molecule has 0 atom stereocenters. The lowest BCUT2D eigenvalue weighted by molar-refractivity contribution is -0.114. The standard InChI is InChI=1S/C27H23FN4O4/c1-3-24(33)32-11-12-35-26-21(32)9-8-20-25(26)27(30-16-29-20)31-19-7-10-22(23(14-19)34-2)36-15-17-5-4-6-18(28)13-17/h3-10,13-14,16H,1,11-12,15H2,2H3,(H,29,30,31). The van der Waals surface area contributed by atoms with Crippen LogP contribution in [0.25, 0.3) is 10.9 Å². The number of rotatable bonds is 7. The number of amides is 1. The van der Waals surface area contributed by atoms with Crippen molar-refractivity contribution in [3.05, 3.63) is 85.0 Å². The highest BCUT2D eigenvalue weighted by Crippen LogP contribution is 2.42. The van der Waals surface area contributed by atoms with Crippen LogP contribution in [-0.2, 0) is 11.4 Å². The monoisotopic (exact) mass is 486 g/mol. The maximum absolute atomic E-state index is 13.5. The summed E-state index contributed by atoms with van der Waals surface area (Å²) in [5, 5.41) is 3.95. The van der Waals surface area contributed by atoms with Crippen LogP contribution in [0.2, 0.25) is 0 Å². The van der Waals surface area contributed by atoms with Crippen LogP contribution in [0.15, 0.2) is 73.6 Å². The molecule has 3 aromatic carbocycles. The SMILES string of the molecule is C=CC(=O)N1CCOc2c1ccc1ncnc(Nc3ccc(OCc4cccc(F)c4)c(OC)c3)c21. The molecule has 0 unspecified atom stereocenters. The highest BCUT2D eigenvalue weighted by atomic mass is 19.1. The van der Waals surface area contributed by atoms with Crippen molar-refractivity contribution in [2.24, 2.45) is 0 Å². The number of carbonyl (C=O) groups excluding carboxylic acids is 1. The van der Waals surface area contributed by atoms with Crippen molar-refractivity contribution in [3.63, 3.8) is 0 Å². The Balaban J connectivity index is 1.45. The third-order valence-corrected chi connectivity index (χ3v) is 5.74. The predicted octanol–water partition coefficient (Wildman–Crippen LogP) is 5.01. The molecule has 1 aromatic heterocycles. The van der Waals surface area contributed by atoms with Crippen LogP contribution in [-0.4, -0.2) is 36.1 Å². The maximum Gasteiger partial charge on any atom is 0.250 e. The van der Waals surface area contributed by atoms with Crippen LogP contribution in [0, 0.1) is 5.82 Å². The van der Waals surface area contributed by atoms with Crippen LogP contribution in [0.4, 0.5) is 21.6 Å². The second kappa shape index (κ2) is 9.91. The molecule has 0 saturated carbocycles. The molecule has 2 heterocycles. The molecule has 0 fully saturated rings. The summed E-state index contributed by atoms with van der Waals surface area (Å²) in [4.78, 5) is 22.8. The average molecular weight is 487 g/mol. The zero-order chi connectivity index (χ0) is 25.1. The van der Waals surface area contributed by atoms with Crippen LogP contribution in [0.3, 0.4) is 0 Å². The van der Waals surface area contributed by atoms with Crippen molar-refractivity contribution < 1.29 is 23.4 Å². The molecule has 4 aromatic rings. The maximum atomic E-state index is 13.5. The summed E-state index contributed by atoms with van der Waals surface area (Å²) >= 11 is 0. The van der Waals surface area contributed by atoms with Gasteiger partial charge in [0.1, 0.15) is 31.2 Å². The summed E-state index contributed by atoms with van der Waals surface area (Å²) in [5.41, 5.74) is 2.70. The molecule has 1 aliphatic heterocycles. The predicted molar refractivity (Wildman–Crippen MR) is 135 cm³/mol. The summed E-state index contributed by atoms with van der Waals surface area (Å²) in [6, 6.07) is 15.2. The first-order valence-electron chi connectivity index (χ1n) is 11.2. The van der Waals surface area contributed by atoms with Crippen LogP contribution >= 0.6 is 0 Å². The first-order chi connectivity index (χ1) is 17.6. The molecule has 0 saturated heterocycles. The zero-order valence-electron chi connectivity index (χ0n) is 19.5. The molecule has 1 aliphatic rings. The van der Waals surface area contributed by atoms with Gasteiger partial charge in [-0.2, -0.15) is 0 Å². The number of halogens is 1. The van der Waals surface area contributed by atoms with Crippen molar-refractivity contribution in [2.45, 2.75) is 6.61 Å². The van der Waals surface area contributed by atoms with Gasteiger partial charge >= 0.3 is 0 Å². The molecule has 182 valence electrons. The van der Waals surface area contributed by atoms with Crippen LogP contribution < -0.4 is 24.4 Å². The Morgan fingerprint density at radius 1 is 1.19 bits per heavy atom. The van der Waals surface area contributed by atoms with E-state index in [4.69, 9.17) is 14.2 Å². The Kier molecular flexibility index (Phi) is 6.36. The van der Waals surface area contributed by atoms with E-state index in [1.807, 2.05) is 18.2 Å². The summed E-state index contributed by atoms with van der Waals surface area (Å²) in [7, 11) is 1.55. The second-order valence-corrected chi connectivity index (χ2v) is 7.98. The van der Waals surface area contributed by atoms with Crippen molar-refractivity contribution >= 4 is 34.0 Å². The summed E-state index contributed by atoms with van der Waals surface area (Å²) in [5.74, 6) is 1.53. The van der Waals surface area contributed by atoms with Gasteiger partial charge in [-0.05, 0) is 48.0 Å². The van der Waals surface area contributed by atoms with E-state index in [0.29, 0.717) is 64.1 Å². The van der Waals surface area contributed by atoms with E-state index in [-0.39, 0.29) is 18.3 Å². The number of hydrogen-bond donors (Lipinski definition) is 1. The normalized spacial score (nSPS) is 12.4. The summed E-state index contributed by atoms with van der Waals surface area (Å²) < 4.78 is 30.8. The van der Waals surface area contributed by atoms with Gasteiger partial charge in [-0.3, -0.25) is 4.79 Å². The molecule has 1 amide bonds. The lowest BCUT2D eigenvalue weighted by Crippen LogP contribution is -2.36.